The van der Waals surface area contributed by atoms with E-state index in [2.05, 4.69) is 10.3 Å². The van der Waals surface area contributed by atoms with Crippen molar-refractivity contribution in [3.05, 3.63) is 78.1 Å². The molecule has 2 aromatic carbocycles. The third-order valence-electron chi connectivity index (χ3n) is 4.89. The molecule has 2 aliphatic rings. The first-order valence-electron chi connectivity index (χ1n) is 9.16. The molecule has 1 N–H and O–H groups in total. The van der Waals surface area contributed by atoms with Gasteiger partial charge in [0.25, 0.3) is 11.8 Å². The summed E-state index contributed by atoms with van der Waals surface area (Å²) in [7, 11) is 0. The summed E-state index contributed by atoms with van der Waals surface area (Å²) in [5.74, 6) is -0.130. The fourth-order valence-electron chi connectivity index (χ4n) is 3.36. The molecule has 0 radical (unpaired) electrons. The molecule has 0 unspecified atom stereocenters. The van der Waals surface area contributed by atoms with Gasteiger partial charge in [-0.1, -0.05) is 23.9 Å². The van der Waals surface area contributed by atoms with Gasteiger partial charge in [0.05, 0.1) is 11.3 Å². The quantitative estimate of drug-likeness (QED) is 0.713. The minimum absolute atomic E-state index is 0.0536. The van der Waals surface area contributed by atoms with Gasteiger partial charge in [-0.2, -0.15) is 0 Å². The molecule has 1 aliphatic carbocycles. The number of carbonyl (C=O) groups is 2. The predicted octanol–water partition coefficient (Wildman–Crippen LogP) is 4.61. The fourth-order valence-corrected chi connectivity index (χ4v) is 4.47. The number of nitrogens with one attached hydrogen (secondary N) is 1. The third-order valence-corrected chi connectivity index (χ3v) is 6.01. The third kappa shape index (κ3) is 3.05. The summed E-state index contributed by atoms with van der Waals surface area (Å²) < 4.78 is 0. The Bertz CT molecular complexity index is 1080. The highest BCUT2D eigenvalue weighted by Gasteiger charge is 2.38. The van der Waals surface area contributed by atoms with Crippen molar-refractivity contribution in [2.24, 2.45) is 0 Å². The number of anilines is 2. The van der Waals surface area contributed by atoms with Gasteiger partial charge >= 0.3 is 0 Å². The van der Waals surface area contributed by atoms with E-state index in [0.717, 1.165) is 33.9 Å². The Labute approximate surface area is 166 Å². The molecule has 0 saturated heterocycles. The van der Waals surface area contributed by atoms with E-state index >= 15 is 0 Å². The Kier molecular flexibility index (Phi) is 4.13. The molecule has 0 spiro atoms. The Morgan fingerprint density at radius 2 is 1.82 bits per heavy atom. The number of rotatable bonds is 3. The second-order valence-corrected chi connectivity index (χ2v) is 7.96. The van der Waals surface area contributed by atoms with Crippen LogP contribution in [0.3, 0.4) is 0 Å². The van der Waals surface area contributed by atoms with Crippen LogP contribution in [-0.4, -0.2) is 22.8 Å². The lowest BCUT2D eigenvalue weighted by Gasteiger charge is -2.23. The molecule has 1 saturated carbocycles. The molecule has 2 amide bonds. The number of benzene rings is 2. The van der Waals surface area contributed by atoms with Crippen molar-refractivity contribution in [1.29, 1.82) is 0 Å². The second-order valence-electron chi connectivity index (χ2n) is 6.88. The molecule has 28 heavy (non-hydrogen) atoms. The average molecular weight is 387 g/mol. The monoisotopic (exact) mass is 387 g/mol. The van der Waals surface area contributed by atoms with Gasteiger partial charge in [0.2, 0.25) is 0 Å². The zero-order chi connectivity index (χ0) is 19.1. The van der Waals surface area contributed by atoms with Crippen LogP contribution in [0.5, 0.6) is 0 Å². The van der Waals surface area contributed by atoms with Gasteiger partial charge in [0.15, 0.2) is 0 Å². The van der Waals surface area contributed by atoms with E-state index in [1.54, 1.807) is 36.3 Å². The van der Waals surface area contributed by atoms with Gasteiger partial charge < -0.3 is 10.2 Å². The maximum Gasteiger partial charge on any atom is 0.259 e. The first-order valence-corrected chi connectivity index (χ1v) is 9.98. The van der Waals surface area contributed by atoms with Crippen LogP contribution in [0.1, 0.15) is 33.6 Å². The summed E-state index contributed by atoms with van der Waals surface area (Å²) in [5, 5.41) is 2.94. The zero-order valence-corrected chi connectivity index (χ0v) is 15.8. The number of pyridine rings is 1. The summed E-state index contributed by atoms with van der Waals surface area (Å²) in [5.41, 5.74) is 2.90. The van der Waals surface area contributed by atoms with Gasteiger partial charge in [-0.15, -0.1) is 0 Å². The van der Waals surface area contributed by atoms with Gasteiger partial charge in [-0.05, 0) is 55.3 Å². The molecule has 0 bridgehead atoms. The Morgan fingerprint density at radius 3 is 2.61 bits per heavy atom. The van der Waals surface area contributed by atoms with Crippen molar-refractivity contribution < 1.29 is 9.59 Å². The van der Waals surface area contributed by atoms with Crippen LogP contribution in [-0.2, 0) is 0 Å². The molecule has 2 heterocycles. The molecular formula is C22H17N3O2S. The number of nitrogens with zero attached hydrogens (tertiary/aromatic N) is 2. The summed E-state index contributed by atoms with van der Waals surface area (Å²) in [6, 6.07) is 17.1. The van der Waals surface area contributed by atoms with Gasteiger partial charge in [-0.3, -0.25) is 14.6 Å². The smallest absolute Gasteiger partial charge is 0.259 e. The number of fused-ring (bicyclic) bond motifs is 2. The summed E-state index contributed by atoms with van der Waals surface area (Å²) in [6.45, 7) is 0. The van der Waals surface area contributed by atoms with Crippen molar-refractivity contribution in [3.8, 4) is 0 Å². The first-order chi connectivity index (χ1) is 13.7. The Balaban J connectivity index is 1.52. The van der Waals surface area contributed by atoms with Crippen LogP contribution in [0.25, 0.3) is 0 Å². The standard InChI is InChI=1S/C22H17N3O2S/c26-21(14-9-11-23-12-10-14)24-15-5-8-18-20(13-15)28-19-4-2-1-3-17(19)22(27)25(18)16-6-7-16/h1-5,8-13,16H,6-7H2,(H,24,26). The largest absolute Gasteiger partial charge is 0.322 e. The summed E-state index contributed by atoms with van der Waals surface area (Å²) >= 11 is 1.57. The maximum atomic E-state index is 13.2. The molecule has 3 aromatic rings. The highest BCUT2D eigenvalue weighted by molar-refractivity contribution is 7.99. The average Bonchev–Trinajstić information content (AvgIpc) is 3.56. The number of aromatic nitrogens is 1. The Morgan fingerprint density at radius 1 is 1.04 bits per heavy atom. The lowest BCUT2D eigenvalue weighted by Crippen LogP contribution is -2.32. The summed E-state index contributed by atoms with van der Waals surface area (Å²) in [6.07, 6.45) is 5.24. The highest BCUT2D eigenvalue weighted by Crippen LogP contribution is 2.46. The van der Waals surface area contributed by atoms with Crippen LogP contribution >= 0.6 is 11.8 Å². The molecule has 1 fully saturated rings. The molecule has 0 atom stereocenters. The lowest BCUT2D eigenvalue weighted by atomic mass is 10.1. The predicted molar refractivity (Wildman–Crippen MR) is 109 cm³/mol. The van der Waals surface area contributed by atoms with Crippen LogP contribution in [0.2, 0.25) is 0 Å². The minimum Gasteiger partial charge on any atom is -0.322 e. The topological polar surface area (TPSA) is 62.3 Å². The van der Waals surface area contributed by atoms with E-state index in [0.29, 0.717) is 11.3 Å². The highest BCUT2D eigenvalue weighted by atomic mass is 32.2. The molecule has 1 aromatic heterocycles. The van der Waals surface area contributed by atoms with E-state index in [1.807, 2.05) is 47.4 Å². The van der Waals surface area contributed by atoms with Crippen LogP contribution < -0.4 is 10.2 Å². The molecule has 6 heteroatoms. The number of carbonyl (C=O) groups excluding carboxylic acids is 2. The maximum absolute atomic E-state index is 13.2. The number of amides is 2. The van der Waals surface area contributed by atoms with Crippen molar-refractivity contribution in [2.75, 3.05) is 10.2 Å². The van der Waals surface area contributed by atoms with Crippen molar-refractivity contribution in [1.82, 2.24) is 4.98 Å². The van der Waals surface area contributed by atoms with Gasteiger partial charge in [0.1, 0.15) is 0 Å². The number of hydrogen-bond acceptors (Lipinski definition) is 4. The second kappa shape index (κ2) is 6.80. The van der Waals surface area contributed by atoms with E-state index in [-0.39, 0.29) is 17.9 Å². The summed E-state index contributed by atoms with van der Waals surface area (Å²) in [4.78, 5) is 33.4. The first kappa shape index (κ1) is 17.0. The van der Waals surface area contributed by atoms with E-state index < -0.39 is 0 Å². The Hall–Kier alpha value is -3.12. The van der Waals surface area contributed by atoms with Crippen LogP contribution in [0.15, 0.2) is 76.8 Å². The van der Waals surface area contributed by atoms with E-state index in [4.69, 9.17) is 0 Å². The van der Waals surface area contributed by atoms with Crippen molar-refractivity contribution >= 4 is 35.0 Å². The van der Waals surface area contributed by atoms with E-state index in [9.17, 15) is 9.59 Å². The van der Waals surface area contributed by atoms with Crippen molar-refractivity contribution in [3.63, 3.8) is 0 Å². The van der Waals surface area contributed by atoms with Crippen molar-refractivity contribution in [2.45, 2.75) is 28.7 Å². The zero-order valence-electron chi connectivity index (χ0n) is 15.0. The molecule has 5 rings (SSSR count). The molecule has 5 nitrogen and oxygen atoms in total. The minimum atomic E-state index is -0.184. The molecule has 1 aliphatic heterocycles. The van der Waals surface area contributed by atoms with Gasteiger partial charge in [0, 0.05) is 39.5 Å². The SMILES string of the molecule is O=C(Nc1ccc2c(c1)Sc1ccccc1C(=O)N2C1CC1)c1ccncc1. The van der Waals surface area contributed by atoms with E-state index in [1.165, 1.54) is 0 Å². The fraction of sp³-hybridized carbons (Fsp3) is 0.136. The van der Waals surface area contributed by atoms with Crippen LogP contribution in [0, 0.1) is 0 Å². The normalized spacial score (nSPS) is 15.4. The molecular weight excluding hydrogens is 370 g/mol. The molecule has 138 valence electrons. The van der Waals surface area contributed by atoms with Gasteiger partial charge in [-0.25, -0.2) is 0 Å². The van der Waals surface area contributed by atoms with Crippen LogP contribution in [0.4, 0.5) is 11.4 Å². The number of hydrogen-bond donors (Lipinski definition) is 1. The lowest BCUT2D eigenvalue weighted by molar-refractivity contribution is 0.0981.